The van der Waals surface area contributed by atoms with E-state index < -0.39 is 11.7 Å². The van der Waals surface area contributed by atoms with Crippen molar-refractivity contribution in [3.8, 4) is 11.1 Å². The van der Waals surface area contributed by atoms with E-state index >= 15 is 0 Å². The Balaban J connectivity index is 1.61. The van der Waals surface area contributed by atoms with Crippen LogP contribution in [-0.2, 0) is 11.0 Å². The minimum absolute atomic E-state index is 0.0601. The number of pyridine rings is 1. The van der Waals surface area contributed by atoms with Crippen molar-refractivity contribution >= 4 is 28.9 Å². The molecule has 0 saturated heterocycles. The van der Waals surface area contributed by atoms with Gasteiger partial charge in [0.25, 0.3) is 0 Å². The summed E-state index contributed by atoms with van der Waals surface area (Å²) in [4.78, 5) is 15.4. The van der Waals surface area contributed by atoms with E-state index in [1.807, 2.05) is 18.2 Å². The van der Waals surface area contributed by atoms with Crippen molar-refractivity contribution in [1.29, 1.82) is 0 Å². The number of nitrogens with zero attached hydrogens (tertiary/aromatic N) is 3. The summed E-state index contributed by atoms with van der Waals surface area (Å²) in [6.07, 6.45) is -2.75. The molecule has 0 radical (unpaired) electrons. The van der Waals surface area contributed by atoms with Crippen LogP contribution in [0.1, 0.15) is 12.5 Å². The van der Waals surface area contributed by atoms with Crippen molar-refractivity contribution in [2.75, 3.05) is 10.6 Å². The van der Waals surface area contributed by atoms with Crippen LogP contribution in [0.15, 0.2) is 66.9 Å². The van der Waals surface area contributed by atoms with Crippen molar-refractivity contribution in [3.05, 3.63) is 72.4 Å². The van der Waals surface area contributed by atoms with E-state index in [-0.39, 0.29) is 17.5 Å². The number of fused-ring (bicyclic) bond motifs is 1. The lowest BCUT2D eigenvalue weighted by atomic mass is 10.1. The first-order valence-corrected chi connectivity index (χ1v) is 8.97. The Bertz CT molecular complexity index is 1220. The minimum Gasteiger partial charge on any atom is -0.326 e. The average Bonchev–Trinajstić information content (AvgIpc) is 3.09. The minimum atomic E-state index is -4.49. The summed E-state index contributed by atoms with van der Waals surface area (Å²) >= 11 is 0. The Hall–Kier alpha value is -3.88. The first-order chi connectivity index (χ1) is 14.3. The molecule has 0 aliphatic heterocycles. The monoisotopic (exact) mass is 411 g/mol. The molecule has 2 aromatic carbocycles. The van der Waals surface area contributed by atoms with E-state index in [2.05, 4.69) is 20.7 Å². The average molecular weight is 411 g/mol. The van der Waals surface area contributed by atoms with Gasteiger partial charge in [0.2, 0.25) is 11.9 Å². The van der Waals surface area contributed by atoms with Gasteiger partial charge in [-0.3, -0.25) is 4.79 Å². The molecule has 0 fully saturated rings. The standard InChI is InChI=1S/C21H16F3N5O/c1-13(30)25-16-9-6-14(7-10-16)15-8-11-19-27-20(28-29(19)12-15)26-18-5-3-2-4-17(18)21(22,23)24/h2-12H,1H3,(H,25,30)(H,26,28). The van der Waals surface area contributed by atoms with Crippen LogP contribution in [0.5, 0.6) is 0 Å². The maximum Gasteiger partial charge on any atom is 0.418 e. The van der Waals surface area contributed by atoms with E-state index in [1.54, 1.807) is 24.4 Å². The second-order valence-corrected chi connectivity index (χ2v) is 6.58. The Morgan fingerprint density at radius 3 is 2.37 bits per heavy atom. The van der Waals surface area contributed by atoms with Crippen LogP contribution in [0, 0.1) is 0 Å². The van der Waals surface area contributed by atoms with Crippen molar-refractivity contribution in [1.82, 2.24) is 14.6 Å². The third-order valence-corrected chi connectivity index (χ3v) is 4.35. The molecule has 4 aromatic rings. The molecule has 0 aliphatic carbocycles. The van der Waals surface area contributed by atoms with Gasteiger partial charge in [-0.25, -0.2) is 4.52 Å². The summed E-state index contributed by atoms with van der Waals surface area (Å²) in [7, 11) is 0. The van der Waals surface area contributed by atoms with Gasteiger partial charge in [0.1, 0.15) is 0 Å². The second kappa shape index (κ2) is 7.51. The first kappa shape index (κ1) is 19.4. The number of benzene rings is 2. The fourth-order valence-electron chi connectivity index (χ4n) is 3.02. The number of nitrogens with one attached hydrogen (secondary N) is 2. The predicted molar refractivity (Wildman–Crippen MR) is 107 cm³/mol. The largest absolute Gasteiger partial charge is 0.418 e. The van der Waals surface area contributed by atoms with Crippen LogP contribution in [-0.4, -0.2) is 20.5 Å². The summed E-state index contributed by atoms with van der Waals surface area (Å²) in [5.74, 6) is -0.0937. The van der Waals surface area contributed by atoms with Crippen LogP contribution in [0.4, 0.5) is 30.5 Å². The fourth-order valence-corrected chi connectivity index (χ4v) is 3.02. The Morgan fingerprint density at radius 2 is 1.67 bits per heavy atom. The number of aromatic nitrogens is 3. The number of para-hydroxylation sites is 1. The molecule has 4 rings (SSSR count). The molecule has 0 atom stereocenters. The third kappa shape index (κ3) is 4.09. The van der Waals surface area contributed by atoms with Gasteiger partial charge in [-0.1, -0.05) is 24.3 Å². The number of alkyl halides is 3. The molecular weight excluding hydrogens is 395 g/mol. The van der Waals surface area contributed by atoms with Gasteiger partial charge in [0, 0.05) is 24.4 Å². The Kier molecular flexibility index (Phi) is 4.86. The highest BCUT2D eigenvalue weighted by Crippen LogP contribution is 2.35. The van der Waals surface area contributed by atoms with Gasteiger partial charge in [-0.05, 0) is 42.0 Å². The zero-order chi connectivity index (χ0) is 21.3. The van der Waals surface area contributed by atoms with Crippen LogP contribution in [0.2, 0.25) is 0 Å². The normalized spacial score (nSPS) is 11.5. The fraction of sp³-hybridized carbons (Fsp3) is 0.0952. The summed E-state index contributed by atoms with van der Waals surface area (Å²) in [5.41, 5.74) is 1.99. The number of hydrogen-bond donors (Lipinski definition) is 2. The van der Waals surface area contributed by atoms with Crippen molar-refractivity contribution in [3.63, 3.8) is 0 Å². The summed E-state index contributed by atoms with van der Waals surface area (Å²) < 4.78 is 41.1. The maximum atomic E-state index is 13.2. The van der Waals surface area contributed by atoms with E-state index in [0.29, 0.717) is 11.3 Å². The number of carbonyl (C=O) groups is 1. The molecule has 0 aliphatic rings. The Morgan fingerprint density at radius 1 is 0.967 bits per heavy atom. The lowest BCUT2D eigenvalue weighted by Gasteiger charge is -2.12. The van der Waals surface area contributed by atoms with Crippen LogP contribution in [0.25, 0.3) is 16.8 Å². The molecule has 30 heavy (non-hydrogen) atoms. The highest BCUT2D eigenvalue weighted by Gasteiger charge is 2.33. The summed E-state index contributed by atoms with van der Waals surface area (Å²) in [6, 6.07) is 16.0. The maximum absolute atomic E-state index is 13.2. The Labute approximate surface area is 169 Å². The van der Waals surface area contributed by atoms with Crippen molar-refractivity contribution < 1.29 is 18.0 Å². The molecular formula is C21H16F3N5O. The summed E-state index contributed by atoms with van der Waals surface area (Å²) in [5, 5.41) is 9.59. The third-order valence-electron chi connectivity index (χ3n) is 4.35. The van der Waals surface area contributed by atoms with Gasteiger partial charge in [0.15, 0.2) is 5.65 Å². The molecule has 0 bridgehead atoms. The number of rotatable bonds is 4. The van der Waals surface area contributed by atoms with E-state index in [9.17, 15) is 18.0 Å². The van der Waals surface area contributed by atoms with E-state index in [4.69, 9.17) is 0 Å². The molecule has 2 N–H and O–H groups in total. The van der Waals surface area contributed by atoms with E-state index in [1.165, 1.54) is 29.6 Å². The number of halogens is 3. The second-order valence-electron chi connectivity index (χ2n) is 6.58. The molecule has 0 unspecified atom stereocenters. The SMILES string of the molecule is CC(=O)Nc1ccc(-c2ccc3nc(Nc4ccccc4C(F)(F)F)nn3c2)cc1. The molecule has 2 aromatic heterocycles. The molecule has 152 valence electrons. The van der Waals surface area contributed by atoms with Crippen LogP contribution >= 0.6 is 0 Å². The molecule has 0 saturated carbocycles. The smallest absolute Gasteiger partial charge is 0.326 e. The zero-order valence-corrected chi connectivity index (χ0v) is 15.7. The van der Waals surface area contributed by atoms with Gasteiger partial charge in [-0.15, -0.1) is 5.10 Å². The molecule has 1 amide bonds. The topological polar surface area (TPSA) is 71.3 Å². The van der Waals surface area contributed by atoms with Gasteiger partial charge in [-0.2, -0.15) is 18.2 Å². The van der Waals surface area contributed by atoms with Crippen LogP contribution in [0.3, 0.4) is 0 Å². The van der Waals surface area contributed by atoms with E-state index in [0.717, 1.165) is 17.2 Å². The summed E-state index contributed by atoms with van der Waals surface area (Å²) in [6.45, 7) is 1.44. The highest BCUT2D eigenvalue weighted by atomic mass is 19.4. The molecule has 0 spiro atoms. The molecule has 9 heteroatoms. The zero-order valence-electron chi connectivity index (χ0n) is 15.7. The first-order valence-electron chi connectivity index (χ1n) is 8.97. The predicted octanol–water partition coefficient (Wildman–Crippen LogP) is 5.12. The number of anilines is 3. The molecule has 6 nitrogen and oxygen atoms in total. The van der Waals surface area contributed by atoms with Gasteiger partial charge >= 0.3 is 6.18 Å². The number of hydrogen-bond acceptors (Lipinski definition) is 4. The van der Waals surface area contributed by atoms with Crippen LogP contribution < -0.4 is 10.6 Å². The van der Waals surface area contributed by atoms with Crippen molar-refractivity contribution in [2.24, 2.45) is 0 Å². The highest BCUT2D eigenvalue weighted by molar-refractivity contribution is 5.89. The van der Waals surface area contributed by atoms with Gasteiger partial charge in [0.05, 0.1) is 11.3 Å². The molecule has 2 heterocycles. The lowest BCUT2D eigenvalue weighted by Crippen LogP contribution is -2.09. The van der Waals surface area contributed by atoms with Crippen molar-refractivity contribution in [2.45, 2.75) is 13.1 Å². The van der Waals surface area contributed by atoms with Gasteiger partial charge < -0.3 is 10.6 Å². The number of amides is 1. The number of carbonyl (C=O) groups excluding carboxylic acids is 1. The lowest BCUT2D eigenvalue weighted by molar-refractivity contribution is -0.136. The quantitative estimate of drug-likeness (QED) is 0.489.